The first-order valence-electron chi connectivity index (χ1n) is 7.72. The van der Waals surface area contributed by atoms with E-state index < -0.39 is 0 Å². The largest absolute Gasteiger partial charge is 0.342 e. The number of hydrogen-bond acceptors (Lipinski definition) is 1. The van der Waals surface area contributed by atoms with Gasteiger partial charge in [0.05, 0.1) is 0 Å². The molecule has 2 heteroatoms. The fourth-order valence-corrected chi connectivity index (χ4v) is 2.93. The average Bonchev–Trinajstić information content (AvgIpc) is 2.52. The number of carbonyl (C=O) groups excluding carboxylic acids is 1. The second kappa shape index (κ2) is 7.88. The van der Waals surface area contributed by atoms with Crippen LogP contribution in [-0.4, -0.2) is 23.9 Å². The zero-order valence-electron chi connectivity index (χ0n) is 12.3. The summed E-state index contributed by atoms with van der Waals surface area (Å²) in [6.07, 6.45) is 7.97. The van der Waals surface area contributed by atoms with Crippen LogP contribution in [-0.2, 0) is 11.2 Å². The fraction of sp³-hybridized carbons (Fsp3) is 0.500. The Morgan fingerprint density at radius 2 is 2.15 bits per heavy atom. The SMILES string of the molecule is C=CCCC(=O)N1CCC[C@H](CCc2ccccc2)C1. The van der Waals surface area contributed by atoms with Crippen molar-refractivity contribution in [2.24, 2.45) is 5.92 Å². The van der Waals surface area contributed by atoms with E-state index in [4.69, 9.17) is 0 Å². The Bertz CT molecular complexity index is 426. The first-order valence-corrected chi connectivity index (χ1v) is 7.72. The van der Waals surface area contributed by atoms with Crippen LogP contribution in [0.1, 0.15) is 37.7 Å². The molecule has 0 aliphatic carbocycles. The van der Waals surface area contributed by atoms with E-state index in [1.54, 1.807) is 0 Å². The molecule has 0 spiro atoms. The number of hydrogen-bond donors (Lipinski definition) is 0. The number of piperidine rings is 1. The second-order valence-electron chi connectivity index (χ2n) is 5.70. The van der Waals surface area contributed by atoms with Gasteiger partial charge >= 0.3 is 0 Å². The Kier molecular flexibility index (Phi) is 5.85. The minimum absolute atomic E-state index is 0.300. The molecule has 1 saturated heterocycles. The van der Waals surface area contributed by atoms with Gasteiger partial charge in [0, 0.05) is 19.5 Å². The Morgan fingerprint density at radius 3 is 2.90 bits per heavy atom. The summed E-state index contributed by atoms with van der Waals surface area (Å²) in [4.78, 5) is 14.1. The summed E-state index contributed by atoms with van der Waals surface area (Å²) in [7, 11) is 0. The summed E-state index contributed by atoms with van der Waals surface area (Å²) in [5, 5.41) is 0. The predicted molar refractivity (Wildman–Crippen MR) is 83.5 cm³/mol. The van der Waals surface area contributed by atoms with Crippen molar-refractivity contribution in [3.8, 4) is 0 Å². The van der Waals surface area contributed by atoms with Crippen LogP contribution in [0.15, 0.2) is 43.0 Å². The molecule has 0 saturated carbocycles. The molecule has 2 rings (SSSR count). The van der Waals surface area contributed by atoms with E-state index in [2.05, 4.69) is 41.8 Å². The summed E-state index contributed by atoms with van der Waals surface area (Å²) in [5.74, 6) is 0.964. The molecule has 1 atom stereocenters. The van der Waals surface area contributed by atoms with Crippen molar-refractivity contribution in [1.29, 1.82) is 0 Å². The Labute approximate surface area is 122 Å². The zero-order valence-corrected chi connectivity index (χ0v) is 12.3. The molecular formula is C18H25NO. The van der Waals surface area contributed by atoms with Gasteiger partial charge in [0.1, 0.15) is 0 Å². The molecule has 1 aromatic rings. The third-order valence-corrected chi connectivity index (χ3v) is 4.12. The first-order chi connectivity index (χ1) is 9.79. The number of amides is 1. The highest BCUT2D eigenvalue weighted by Gasteiger charge is 2.22. The average molecular weight is 271 g/mol. The van der Waals surface area contributed by atoms with Crippen LogP contribution < -0.4 is 0 Å². The van der Waals surface area contributed by atoms with Gasteiger partial charge in [-0.2, -0.15) is 0 Å². The van der Waals surface area contributed by atoms with E-state index in [-0.39, 0.29) is 0 Å². The second-order valence-corrected chi connectivity index (χ2v) is 5.70. The molecule has 1 heterocycles. The summed E-state index contributed by atoms with van der Waals surface area (Å²) in [6, 6.07) is 10.6. The lowest BCUT2D eigenvalue weighted by molar-refractivity contribution is -0.132. The van der Waals surface area contributed by atoms with E-state index in [1.165, 1.54) is 18.4 Å². The monoisotopic (exact) mass is 271 g/mol. The molecular weight excluding hydrogens is 246 g/mol. The Morgan fingerprint density at radius 1 is 1.35 bits per heavy atom. The van der Waals surface area contributed by atoms with E-state index in [0.717, 1.165) is 32.4 Å². The molecule has 20 heavy (non-hydrogen) atoms. The number of nitrogens with zero attached hydrogens (tertiary/aromatic N) is 1. The minimum atomic E-state index is 0.300. The molecule has 0 unspecified atom stereocenters. The lowest BCUT2D eigenvalue weighted by atomic mass is 9.91. The minimum Gasteiger partial charge on any atom is -0.342 e. The number of aryl methyl sites for hydroxylation is 1. The molecule has 0 N–H and O–H groups in total. The van der Waals surface area contributed by atoms with Crippen LogP contribution in [0.4, 0.5) is 0 Å². The van der Waals surface area contributed by atoms with Crippen molar-refractivity contribution in [3.05, 3.63) is 48.6 Å². The van der Waals surface area contributed by atoms with Crippen molar-refractivity contribution in [2.45, 2.75) is 38.5 Å². The van der Waals surface area contributed by atoms with Crippen molar-refractivity contribution in [3.63, 3.8) is 0 Å². The highest BCUT2D eigenvalue weighted by Crippen LogP contribution is 2.22. The smallest absolute Gasteiger partial charge is 0.222 e. The summed E-state index contributed by atoms with van der Waals surface area (Å²) in [5.41, 5.74) is 1.41. The third-order valence-electron chi connectivity index (χ3n) is 4.12. The quantitative estimate of drug-likeness (QED) is 0.720. The summed E-state index contributed by atoms with van der Waals surface area (Å²) in [6.45, 7) is 5.57. The lowest BCUT2D eigenvalue weighted by Crippen LogP contribution is -2.39. The summed E-state index contributed by atoms with van der Waals surface area (Å²) >= 11 is 0. The standard InChI is InChI=1S/C18H25NO/c1-2-3-11-18(20)19-14-7-10-17(15-19)13-12-16-8-5-4-6-9-16/h2,4-6,8-9,17H,1,3,7,10-15H2/t17-/m1/s1. The van der Waals surface area contributed by atoms with E-state index in [1.807, 2.05) is 6.08 Å². The zero-order chi connectivity index (χ0) is 14.2. The maximum atomic E-state index is 12.1. The highest BCUT2D eigenvalue weighted by molar-refractivity contribution is 5.76. The molecule has 1 aromatic carbocycles. The number of rotatable bonds is 6. The number of allylic oxidation sites excluding steroid dienone is 1. The normalized spacial score (nSPS) is 18.8. The van der Waals surface area contributed by atoms with Gasteiger partial charge in [-0.15, -0.1) is 6.58 Å². The first kappa shape index (κ1) is 14.8. The molecule has 1 amide bonds. The van der Waals surface area contributed by atoms with Crippen molar-refractivity contribution in [1.82, 2.24) is 4.90 Å². The van der Waals surface area contributed by atoms with E-state index in [0.29, 0.717) is 18.2 Å². The Balaban J connectivity index is 1.78. The topological polar surface area (TPSA) is 20.3 Å². The van der Waals surface area contributed by atoms with Crippen LogP contribution in [0.3, 0.4) is 0 Å². The van der Waals surface area contributed by atoms with Crippen LogP contribution in [0, 0.1) is 5.92 Å². The summed E-state index contributed by atoms with van der Waals surface area (Å²) < 4.78 is 0. The van der Waals surface area contributed by atoms with E-state index in [9.17, 15) is 4.79 Å². The fourth-order valence-electron chi connectivity index (χ4n) is 2.93. The van der Waals surface area contributed by atoms with Crippen molar-refractivity contribution >= 4 is 5.91 Å². The molecule has 1 aliphatic heterocycles. The van der Waals surface area contributed by atoms with Crippen LogP contribution in [0.2, 0.25) is 0 Å². The van der Waals surface area contributed by atoms with Gasteiger partial charge in [0.15, 0.2) is 0 Å². The van der Waals surface area contributed by atoms with Gasteiger partial charge in [-0.3, -0.25) is 4.79 Å². The van der Waals surface area contributed by atoms with Crippen LogP contribution in [0.25, 0.3) is 0 Å². The van der Waals surface area contributed by atoms with Gasteiger partial charge < -0.3 is 4.90 Å². The van der Waals surface area contributed by atoms with Gasteiger partial charge in [0.2, 0.25) is 5.91 Å². The molecule has 0 bridgehead atoms. The Hall–Kier alpha value is -1.57. The lowest BCUT2D eigenvalue weighted by Gasteiger charge is -2.33. The number of benzene rings is 1. The predicted octanol–water partition coefficient (Wildman–Crippen LogP) is 3.82. The van der Waals surface area contributed by atoms with Gasteiger partial charge in [-0.1, -0.05) is 36.4 Å². The van der Waals surface area contributed by atoms with Crippen molar-refractivity contribution in [2.75, 3.05) is 13.1 Å². The molecule has 0 radical (unpaired) electrons. The highest BCUT2D eigenvalue weighted by atomic mass is 16.2. The van der Waals surface area contributed by atoms with Gasteiger partial charge in [-0.25, -0.2) is 0 Å². The van der Waals surface area contributed by atoms with Crippen LogP contribution >= 0.6 is 0 Å². The van der Waals surface area contributed by atoms with Crippen LogP contribution in [0.5, 0.6) is 0 Å². The van der Waals surface area contributed by atoms with E-state index >= 15 is 0 Å². The van der Waals surface area contributed by atoms with Gasteiger partial charge in [-0.05, 0) is 43.6 Å². The molecule has 0 aromatic heterocycles. The maximum Gasteiger partial charge on any atom is 0.222 e. The number of carbonyl (C=O) groups is 1. The molecule has 1 aliphatic rings. The molecule has 1 fully saturated rings. The molecule has 2 nitrogen and oxygen atoms in total. The molecule has 108 valence electrons. The maximum absolute atomic E-state index is 12.1. The number of likely N-dealkylation sites (tertiary alicyclic amines) is 1. The van der Waals surface area contributed by atoms with Crippen molar-refractivity contribution < 1.29 is 4.79 Å². The third kappa shape index (κ3) is 4.52. The van der Waals surface area contributed by atoms with Gasteiger partial charge in [0.25, 0.3) is 0 Å².